The third-order valence-corrected chi connectivity index (χ3v) is 7.32. The lowest BCUT2D eigenvalue weighted by molar-refractivity contribution is 0.232. The Hall–Kier alpha value is -1.16. The lowest BCUT2D eigenvalue weighted by Gasteiger charge is -2.26. The van der Waals surface area contributed by atoms with Crippen LogP contribution in [-0.2, 0) is 19.9 Å². The van der Waals surface area contributed by atoms with E-state index in [0.29, 0.717) is 5.75 Å². The average Bonchev–Trinajstić information content (AvgIpc) is 2.84. The predicted molar refractivity (Wildman–Crippen MR) is 81.0 cm³/mol. The standard InChI is InChI=1S/C13H19NO6S2/c1-20-12-2-4-13(5-3-12)22(18,19)14(7-8-15)11-6-9-21(16,17)10-11/h2-5,11,15H,6-10H2,1H3/t11-/m0/s1. The molecule has 0 radical (unpaired) electrons. The topological polar surface area (TPSA) is 101 Å². The second-order valence-corrected chi connectivity index (χ2v) is 9.19. The minimum Gasteiger partial charge on any atom is -0.497 e. The van der Waals surface area contributed by atoms with E-state index in [-0.39, 0.29) is 36.0 Å². The smallest absolute Gasteiger partial charge is 0.243 e. The quantitative estimate of drug-likeness (QED) is 0.767. The highest BCUT2D eigenvalue weighted by Gasteiger charge is 2.38. The Balaban J connectivity index is 2.33. The normalized spacial score (nSPS) is 21.1. The second-order valence-electron chi connectivity index (χ2n) is 5.07. The molecule has 1 fully saturated rings. The van der Waals surface area contributed by atoms with Crippen molar-refractivity contribution in [2.45, 2.75) is 17.4 Å². The number of methoxy groups -OCH3 is 1. The van der Waals surface area contributed by atoms with E-state index in [1.807, 2.05) is 0 Å². The van der Waals surface area contributed by atoms with E-state index in [4.69, 9.17) is 9.84 Å². The van der Waals surface area contributed by atoms with Gasteiger partial charge in [-0.05, 0) is 30.7 Å². The summed E-state index contributed by atoms with van der Waals surface area (Å²) in [6, 6.07) is 5.22. The molecule has 1 N–H and O–H groups in total. The molecule has 124 valence electrons. The van der Waals surface area contributed by atoms with Crippen LogP contribution in [0.3, 0.4) is 0 Å². The summed E-state index contributed by atoms with van der Waals surface area (Å²) >= 11 is 0. The minimum absolute atomic E-state index is 0.0300. The molecule has 0 unspecified atom stereocenters. The Kier molecular flexibility index (Phi) is 5.10. The molecule has 1 saturated heterocycles. The van der Waals surface area contributed by atoms with Gasteiger partial charge < -0.3 is 9.84 Å². The zero-order valence-corrected chi connectivity index (χ0v) is 13.8. The Morgan fingerprint density at radius 1 is 1.32 bits per heavy atom. The van der Waals surface area contributed by atoms with Crippen molar-refractivity contribution in [1.29, 1.82) is 0 Å². The van der Waals surface area contributed by atoms with Crippen LogP contribution in [-0.4, -0.2) is 64.1 Å². The number of aliphatic hydroxyl groups excluding tert-OH is 1. The first-order chi connectivity index (χ1) is 10.3. The number of rotatable bonds is 6. The molecule has 0 aromatic heterocycles. The fraction of sp³-hybridized carbons (Fsp3) is 0.538. The van der Waals surface area contributed by atoms with Crippen molar-refractivity contribution in [2.24, 2.45) is 0 Å². The molecule has 0 spiro atoms. The van der Waals surface area contributed by atoms with Crippen molar-refractivity contribution in [1.82, 2.24) is 4.31 Å². The van der Waals surface area contributed by atoms with Crippen molar-refractivity contribution >= 4 is 19.9 Å². The Morgan fingerprint density at radius 2 is 1.95 bits per heavy atom. The van der Waals surface area contributed by atoms with Crippen molar-refractivity contribution < 1.29 is 26.7 Å². The number of aliphatic hydroxyl groups is 1. The van der Waals surface area contributed by atoms with Gasteiger partial charge in [0.1, 0.15) is 5.75 Å². The highest BCUT2D eigenvalue weighted by atomic mass is 32.2. The number of hydrogen-bond acceptors (Lipinski definition) is 6. The number of benzene rings is 1. The van der Waals surface area contributed by atoms with E-state index >= 15 is 0 Å². The van der Waals surface area contributed by atoms with Crippen LogP contribution in [0, 0.1) is 0 Å². The molecule has 1 aliphatic rings. The number of nitrogens with zero attached hydrogens (tertiary/aromatic N) is 1. The van der Waals surface area contributed by atoms with Gasteiger partial charge in [-0.1, -0.05) is 0 Å². The van der Waals surface area contributed by atoms with E-state index < -0.39 is 25.9 Å². The van der Waals surface area contributed by atoms with Crippen molar-refractivity contribution in [3.05, 3.63) is 24.3 Å². The molecule has 0 amide bonds. The molecule has 2 rings (SSSR count). The zero-order valence-electron chi connectivity index (χ0n) is 12.2. The third kappa shape index (κ3) is 3.60. The Morgan fingerprint density at radius 3 is 2.41 bits per heavy atom. The van der Waals surface area contributed by atoms with Gasteiger partial charge in [0.2, 0.25) is 10.0 Å². The van der Waals surface area contributed by atoms with Gasteiger partial charge in [-0.2, -0.15) is 4.31 Å². The first kappa shape index (κ1) is 17.2. The van der Waals surface area contributed by atoms with E-state index in [1.165, 1.54) is 31.4 Å². The average molecular weight is 349 g/mol. The fourth-order valence-electron chi connectivity index (χ4n) is 2.48. The summed E-state index contributed by atoms with van der Waals surface area (Å²) < 4.78 is 54.7. The molecule has 9 heteroatoms. The van der Waals surface area contributed by atoms with Crippen LogP contribution >= 0.6 is 0 Å². The molecule has 7 nitrogen and oxygen atoms in total. The van der Waals surface area contributed by atoms with Gasteiger partial charge in [0.05, 0.1) is 30.1 Å². The van der Waals surface area contributed by atoms with Crippen molar-refractivity contribution in [3.63, 3.8) is 0 Å². The van der Waals surface area contributed by atoms with Gasteiger partial charge in [0.25, 0.3) is 0 Å². The van der Waals surface area contributed by atoms with E-state index in [0.717, 1.165) is 4.31 Å². The van der Waals surface area contributed by atoms with Crippen LogP contribution in [0.1, 0.15) is 6.42 Å². The first-order valence-corrected chi connectivity index (χ1v) is 10.0. The largest absolute Gasteiger partial charge is 0.497 e. The van der Waals surface area contributed by atoms with Crippen LogP contribution in [0.15, 0.2) is 29.2 Å². The van der Waals surface area contributed by atoms with Gasteiger partial charge in [-0.15, -0.1) is 0 Å². The predicted octanol–water partition coefficient (Wildman–Crippen LogP) is -0.135. The molecule has 1 aromatic carbocycles. The molecule has 0 aliphatic carbocycles. The summed E-state index contributed by atoms with van der Waals surface area (Å²) in [5.41, 5.74) is 0. The summed E-state index contributed by atoms with van der Waals surface area (Å²) in [6.07, 6.45) is 0.248. The fourth-order valence-corrected chi connectivity index (χ4v) is 5.95. The molecular weight excluding hydrogens is 330 g/mol. The number of hydrogen-bond donors (Lipinski definition) is 1. The maximum absolute atomic E-state index is 12.7. The maximum Gasteiger partial charge on any atom is 0.243 e. The summed E-state index contributed by atoms with van der Waals surface area (Å²) in [5.74, 6) is 0.288. The SMILES string of the molecule is COc1ccc(S(=O)(=O)N(CCO)[C@H]2CCS(=O)(=O)C2)cc1. The van der Waals surface area contributed by atoms with Crippen LogP contribution in [0.4, 0.5) is 0 Å². The minimum atomic E-state index is -3.87. The highest BCUT2D eigenvalue weighted by molar-refractivity contribution is 7.92. The maximum atomic E-state index is 12.7. The van der Waals surface area contributed by atoms with Crippen molar-refractivity contribution in [2.75, 3.05) is 31.8 Å². The monoisotopic (exact) mass is 349 g/mol. The number of sulfonamides is 1. The van der Waals surface area contributed by atoms with Gasteiger partial charge in [0, 0.05) is 12.6 Å². The van der Waals surface area contributed by atoms with Crippen LogP contribution in [0.2, 0.25) is 0 Å². The molecule has 0 bridgehead atoms. The summed E-state index contributed by atoms with van der Waals surface area (Å²) in [4.78, 5) is 0.0473. The van der Waals surface area contributed by atoms with Gasteiger partial charge in [-0.3, -0.25) is 0 Å². The van der Waals surface area contributed by atoms with Crippen LogP contribution < -0.4 is 4.74 Å². The Labute approximate surface area is 130 Å². The molecule has 0 saturated carbocycles. The second kappa shape index (κ2) is 6.53. The van der Waals surface area contributed by atoms with E-state index in [2.05, 4.69) is 0 Å². The molecule has 22 heavy (non-hydrogen) atoms. The molecular formula is C13H19NO6S2. The van der Waals surface area contributed by atoms with E-state index in [1.54, 1.807) is 0 Å². The highest BCUT2D eigenvalue weighted by Crippen LogP contribution is 2.25. The van der Waals surface area contributed by atoms with Crippen LogP contribution in [0.25, 0.3) is 0 Å². The zero-order chi connectivity index (χ0) is 16.4. The van der Waals surface area contributed by atoms with Gasteiger partial charge in [0.15, 0.2) is 9.84 Å². The molecule has 1 heterocycles. The van der Waals surface area contributed by atoms with Gasteiger partial charge >= 0.3 is 0 Å². The summed E-state index contributed by atoms with van der Waals surface area (Å²) in [7, 11) is -5.61. The lowest BCUT2D eigenvalue weighted by Crippen LogP contribution is -2.42. The summed E-state index contributed by atoms with van der Waals surface area (Å²) in [6.45, 7) is -0.500. The molecule has 1 atom stereocenters. The van der Waals surface area contributed by atoms with E-state index in [9.17, 15) is 16.8 Å². The third-order valence-electron chi connectivity index (χ3n) is 3.60. The van der Waals surface area contributed by atoms with Crippen molar-refractivity contribution in [3.8, 4) is 5.75 Å². The number of sulfone groups is 1. The molecule has 1 aliphatic heterocycles. The Bertz CT molecular complexity index is 711. The van der Waals surface area contributed by atoms with Gasteiger partial charge in [-0.25, -0.2) is 16.8 Å². The number of ether oxygens (including phenoxy) is 1. The molecule has 1 aromatic rings. The first-order valence-electron chi connectivity index (χ1n) is 6.77. The van der Waals surface area contributed by atoms with Crippen LogP contribution in [0.5, 0.6) is 5.75 Å². The summed E-state index contributed by atoms with van der Waals surface area (Å²) in [5, 5.41) is 9.14. The lowest BCUT2D eigenvalue weighted by atomic mass is 10.3.